The number of benzene rings is 1. The van der Waals surface area contributed by atoms with E-state index in [0.717, 1.165) is 4.88 Å². The quantitative estimate of drug-likeness (QED) is 0.733. The summed E-state index contributed by atoms with van der Waals surface area (Å²) >= 11 is 1.39. The Hall–Kier alpha value is -2.85. The van der Waals surface area contributed by atoms with Gasteiger partial charge in [-0.05, 0) is 30.7 Å². The number of thiophene rings is 1. The van der Waals surface area contributed by atoms with Gasteiger partial charge in [-0.1, -0.05) is 0 Å². The molecule has 0 aliphatic heterocycles. The van der Waals surface area contributed by atoms with Gasteiger partial charge in [-0.25, -0.2) is 0 Å². The summed E-state index contributed by atoms with van der Waals surface area (Å²) < 4.78 is 10.7. The molecule has 130 valence electrons. The molecule has 1 aromatic carbocycles. The molecule has 0 aliphatic carbocycles. The molecule has 1 heterocycles. The third-order valence-corrected chi connectivity index (χ3v) is 4.52. The number of methoxy groups -OCH3 is 1. The molecular formula is C18H18N2O4S. The van der Waals surface area contributed by atoms with E-state index in [1.54, 1.807) is 24.3 Å². The minimum absolute atomic E-state index is 0.0716. The third kappa shape index (κ3) is 5.33. The average molecular weight is 358 g/mol. The van der Waals surface area contributed by atoms with Gasteiger partial charge in [0.15, 0.2) is 18.1 Å². The topological polar surface area (TPSA) is 88.4 Å². The molecule has 0 saturated carbocycles. The second-order valence-electron chi connectivity index (χ2n) is 5.19. The summed E-state index contributed by atoms with van der Waals surface area (Å²) in [6, 6.07) is 10.4. The lowest BCUT2D eigenvalue weighted by molar-refractivity contribution is -0.118. The molecule has 0 bridgehead atoms. The van der Waals surface area contributed by atoms with E-state index in [1.165, 1.54) is 25.4 Å². The SMILES string of the molecule is COc1cc(C#N)ccc1OCC(=O)c1ccc(CCNC(C)=O)s1. The van der Waals surface area contributed by atoms with E-state index in [4.69, 9.17) is 14.7 Å². The normalized spacial score (nSPS) is 9.96. The van der Waals surface area contributed by atoms with Crippen molar-refractivity contribution in [2.75, 3.05) is 20.3 Å². The molecule has 6 nitrogen and oxygen atoms in total. The molecule has 0 fully saturated rings. The fourth-order valence-electron chi connectivity index (χ4n) is 2.09. The number of nitrogens with one attached hydrogen (secondary N) is 1. The molecule has 1 aromatic heterocycles. The average Bonchev–Trinajstić information content (AvgIpc) is 3.08. The number of rotatable bonds is 8. The largest absolute Gasteiger partial charge is 0.493 e. The summed E-state index contributed by atoms with van der Waals surface area (Å²) in [6.45, 7) is 1.90. The minimum atomic E-state index is -0.137. The lowest BCUT2D eigenvalue weighted by Gasteiger charge is -2.09. The van der Waals surface area contributed by atoms with Crippen molar-refractivity contribution < 1.29 is 19.1 Å². The molecule has 0 radical (unpaired) electrons. The van der Waals surface area contributed by atoms with Crippen molar-refractivity contribution in [1.29, 1.82) is 5.26 Å². The number of hydrogen-bond acceptors (Lipinski definition) is 6. The maximum atomic E-state index is 12.3. The first-order valence-corrected chi connectivity index (χ1v) is 8.42. The van der Waals surface area contributed by atoms with E-state index in [2.05, 4.69) is 5.32 Å². The summed E-state index contributed by atoms with van der Waals surface area (Å²) in [4.78, 5) is 24.7. The van der Waals surface area contributed by atoms with Gasteiger partial charge in [0.25, 0.3) is 0 Å². The zero-order chi connectivity index (χ0) is 18.2. The highest BCUT2D eigenvalue weighted by molar-refractivity contribution is 7.14. The predicted octanol–water partition coefficient (Wildman–Crippen LogP) is 2.57. The zero-order valence-electron chi connectivity index (χ0n) is 14.0. The van der Waals surface area contributed by atoms with E-state index >= 15 is 0 Å². The van der Waals surface area contributed by atoms with Crippen molar-refractivity contribution in [1.82, 2.24) is 5.32 Å². The van der Waals surface area contributed by atoms with Crippen LogP contribution in [0.3, 0.4) is 0 Å². The number of hydrogen-bond donors (Lipinski definition) is 1. The predicted molar refractivity (Wildman–Crippen MR) is 94.2 cm³/mol. The lowest BCUT2D eigenvalue weighted by Crippen LogP contribution is -2.22. The highest BCUT2D eigenvalue weighted by Gasteiger charge is 2.13. The van der Waals surface area contributed by atoms with Crippen molar-refractivity contribution in [3.05, 3.63) is 45.6 Å². The molecule has 0 aliphatic rings. The van der Waals surface area contributed by atoms with Crippen LogP contribution in [0.5, 0.6) is 11.5 Å². The Balaban J connectivity index is 1.93. The Morgan fingerprint density at radius 2 is 2.04 bits per heavy atom. The standard InChI is InChI=1S/C18H18N2O4S/c1-12(21)20-8-7-14-4-6-18(25-14)15(22)11-24-16-5-3-13(10-19)9-17(16)23-2/h3-6,9H,7-8,11H2,1-2H3,(H,20,21). The molecule has 1 N–H and O–H groups in total. The molecule has 1 amide bonds. The van der Waals surface area contributed by atoms with Gasteiger partial charge in [-0.15, -0.1) is 11.3 Å². The highest BCUT2D eigenvalue weighted by Crippen LogP contribution is 2.28. The molecule has 2 rings (SSSR count). The summed E-state index contributed by atoms with van der Waals surface area (Å²) in [5.74, 6) is 0.617. The molecule has 25 heavy (non-hydrogen) atoms. The van der Waals surface area contributed by atoms with E-state index < -0.39 is 0 Å². The van der Waals surface area contributed by atoms with Crippen molar-refractivity contribution in [2.24, 2.45) is 0 Å². The molecule has 2 aromatic rings. The first-order valence-electron chi connectivity index (χ1n) is 7.60. The molecule has 0 saturated heterocycles. The van der Waals surface area contributed by atoms with Crippen LogP contribution in [-0.4, -0.2) is 32.0 Å². The fraction of sp³-hybridized carbons (Fsp3) is 0.278. The van der Waals surface area contributed by atoms with Crippen molar-refractivity contribution in [3.8, 4) is 17.6 Å². The van der Waals surface area contributed by atoms with Crippen LogP contribution in [0.15, 0.2) is 30.3 Å². The maximum Gasteiger partial charge on any atom is 0.216 e. The van der Waals surface area contributed by atoms with E-state index in [0.29, 0.717) is 34.9 Å². The van der Waals surface area contributed by atoms with Crippen LogP contribution in [0, 0.1) is 11.3 Å². The van der Waals surface area contributed by atoms with Crippen LogP contribution in [-0.2, 0) is 11.2 Å². The summed E-state index contributed by atoms with van der Waals surface area (Å²) in [6.07, 6.45) is 0.682. The van der Waals surface area contributed by atoms with Gasteiger partial charge in [-0.3, -0.25) is 9.59 Å². The van der Waals surface area contributed by atoms with Gasteiger partial charge in [-0.2, -0.15) is 5.26 Å². The first-order chi connectivity index (χ1) is 12.0. The molecule has 0 unspecified atom stereocenters. The zero-order valence-corrected chi connectivity index (χ0v) is 14.8. The van der Waals surface area contributed by atoms with Gasteiger partial charge in [0.05, 0.1) is 23.6 Å². The molecule has 0 atom stereocenters. The smallest absolute Gasteiger partial charge is 0.216 e. The maximum absolute atomic E-state index is 12.3. The molecule has 7 heteroatoms. The van der Waals surface area contributed by atoms with Crippen molar-refractivity contribution >= 4 is 23.0 Å². The van der Waals surface area contributed by atoms with Crippen LogP contribution in [0.25, 0.3) is 0 Å². The van der Waals surface area contributed by atoms with Gasteiger partial charge in [0.1, 0.15) is 0 Å². The van der Waals surface area contributed by atoms with Crippen LogP contribution in [0.4, 0.5) is 0 Å². The van der Waals surface area contributed by atoms with E-state index in [9.17, 15) is 9.59 Å². The summed E-state index contributed by atoms with van der Waals surface area (Å²) in [7, 11) is 1.48. The van der Waals surface area contributed by atoms with Gasteiger partial charge in [0, 0.05) is 24.4 Å². The van der Waals surface area contributed by atoms with Crippen LogP contribution in [0.1, 0.15) is 27.0 Å². The number of carbonyl (C=O) groups excluding carboxylic acids is 2. The Labute approximate surface area is 150 Å². The summed E-state index contributed by atoms with van der Waals surface area (Å²) in [5.41, 5.74) is 0.456. The Morgan fingerprint density at radius 3 is 2.72 bits per heavy atom. The third-order valence-electron chi connectivity index (χ3n) is 3.33. The minimum Gasteiger partial charge on any atom is -0.493 e. The fourth-order valence-corrected chi connectivity index (χ4v) is 3.03. The second-order valence-corrected chi connectivity index (χ2v) is 6.36. The Bertz CT molecular complexity index is 808. The van der Waals surface area contributed by atoms with Crippen LogP contribution >= 0.6 is 11.3 Å². The van der Waals surface area contributed by atoms with Gasteiger partial charge < -0.3 is 14.8 Å². The van der Waals surface area contributed by atoms with Gasteiger partial charge >= 0.3 is 0 Å². The van der Waals surface area contributed by atoms with Crippen molar-refractivity contribution in [3.63, 3.8) is 0 Å². The van der Waals surface area contributed by atoms with Crippen molar-refractivity contribution in [2.45, 2.75) is 13.3 Å². The Morgan fingerprint density at radius 1 is 1.24 bits per heavy atom. The lowest BCUT2D eigenvalue weighted by atomic mass is 10.2. The van der Waals surface area contributed by atoms with Gasteiger partial charge in [0.2, 0.25) is 11.7 Å². The highest BCUT2D eigenvalue weighted by atomic mass is 32.1. The number of nitriles is 1. The van der Waals surface area contributed by atoms with E-state index in [-0.39, 0.29) is 18.3 Å². The number of carbonyl (C=O) groups is 2. The van der Waals surface area contributed by atoms with Crippen LogP contribution < -0.4 is 14.8 Å². The number of nitrogens with zero attached hydrogens (tertiary/aromatic N) is 1. The molecular weight excluding hydrogens is 340 g/mol. The second kappa shape index (κ2) is 8.85. The first kappa shape index (κ1) is 18.5. The monoisotopic (exact) mass is 358 g/mol. The Kier molecular flexibility index (Phi) is 6.54. The number of amides is 1. The number of ketones is 1. The van der Waals surface area contributed by atoms with Crippen LogP contribution in [0.2, 0.25) is 0 Å². The number of ether oxygens (including phenoxy) is 2. The summed E-state index contributed by atoms with van der Waals surface area (Å²) in [5, 5.41) is 11.6. The molecule has 0 spiro atoms. The number of Topliss-reactive ketones (excluding diaryl/α,β-unsaturated/α-hetero) is 1. The van der Waals surface area contributed by atoms with E-state index in [1.807, 2.05) is 12.1 Å².